The minimum Gasteiger partial charge on any atom is -0.351 e. The smallest absolute Gasteiger partial charge is 0.217 e. The van der Waals surface area contributed by atoms with Crippen molar-refractivity contribution in [3.8, 4) is 0 Å². The van der Waals surface area contributed by atoms with Gasteiger partial charge in [-0.1, -0.05) is 6.92 Å². The molecule has 1 heterocycles. The van der Waals surface area contributed by atoms with E-state index in [1.807, 2.05) is 0 Å². The summed E-state index contributed by atoms with van der Waals surface area (Å²) in [6.07, 6.45) is 1.04. The Balaban J connectivity index is 2.56. The van der Waals surface area contributed by atoms with E-state index in [1.54, 1.807) is 18.3 Å². The van der Waals surface area contributed by atoms with Gasteiger partial charge in [-0.25, -0.2) is 0 Å². The second-order valence-electron chi connectivity index (χ2n) is 2.63. The van der Waals surface area contributed by atoms with Gasteiger partial charge in [-0.05, 0) is 23.4 Å². The zero-order valence-corrected chi connectivity index (χ0v) is 8.20. The summed E-state index contributed by atoms with van der Waals surface area (Å²) in [5.74, 6) is 0.0328. The maximum absolute atomic E-state index is 10.6. The van der Waals surface area contributed by atoms with Crippen LogP contribution in [-0.2, 0) is 17.8 Å². The third kappa shape index (κ3) is 2.34. The van der Waals surface area contributed by atoms with Crippen molar-refractivity contribution in [2.75, 3.05) is 0 Å². The molecule has 0 aliphatic carbocycles. The van der Waals surface area contributed by atoms with Gasteiger partial charge in [-0.15, -0.1) is 11.3 Å². The Morgan fingerprint density at radius 2 is 2.42 bits per heavy atom. The monoisotopic (exact) mass is 183 g/mol. The maximum Gasteiger partial charge on any atom is 0.217 e. The maximum atomic E-state index is 10.6. The predicted molar refractivity (Wildman–Crippen MR) is 51.2 cm³/mol. The Hall–Kier alpha value is -0.830. The third-order valence-corrected chi connectivity index (χ3v) is 2.68. The number of hydrogen-bond donors (Lipinski definition) is 1. The second kappa shape index (κ2) is 4.26. The van der Waals surface area contributed by atoms with E-state index < -0.39 is 0 Å². The Bertz CT molecular complexity index is 267. The van der Waals surface area contributed by atoms with Crippen LogP contribution >= 0.6 is 11.3 Å². The molecule has 0 atom stereocenters. The highest BCUT2D eigenvalue weighted by atomic mass is 32.1. The van der Waals surface area contributed by atoms with E-state index in [1.165, 1.54) is 10.4 Å². The summed E-state index contributed by atoms with van der Waals surface area (Å²) in [6, 6.07) is 2.11. The molecule has 1 amide bonds. The van der Waals surface area contributed by atoms with E-state index in [2.05, 4.69) is 23.7 Å². The molecule has 66 valence electrons. The van der Waals surface area contributed by atoms with Gasteiger partial charge < -0.3 is 5.32 Å². The van der Waals surface area contributed by atoms with Crippen molar-refractivity contribution >= 4 is 17.2 Å². The van der Waals surface area contributed by atoms with E-state index in [4.69, 9.17) is 0 Å². The van der Waals surface area contributed by atoms with Crippen molar-refractivity contribution < 1.29 is 4.79 Å². The fourth-order valence-corrected chi connectivity index (χ4v) is 1.96. The van der Waals surface area contributed by atoms with Crippen LogP contribution in [-0.4, -0.2) is 5.91 Å². The predicted octanol–water partition coefficient (Wildman–Crippen LogP) is 1.95. The molecule has 1 aromatic rings. The highest BCUT2D eigenvalue weighted by Gasteiger charge is 2.01. The fourth-order valence-electron chi connectivity index (χ4n) is 1.04. The van der Waals surface area contributed by atoms with Crippen LogP contribution in [0.2, 0.25) is 0 Å². The molecule has 12 heavy (non-hydrogen) atoms. The molecule has 0 radical (unpaired) electrons. The number of nitrogens with one attached hydrogen (secondary N) is 1. The Morgan fingerprint density at radius 3 is 3.00 bits per heavy atom. The number of amides is 1. The molecule has 0 aromatic carbocycles. The van der Waals surface area contributed by atoms with E-state index in [-0.39, 0.29) is 5.91 Å². The number of aryl methyl sites for hydroxylation is 1. The lowest BCUT2D eigenvalue weighted by atomic mass is 10.2. The van der Waals surface area contributed by atoms with E-state index >= 15 is 0 Å². The van der Waals surface area contributed by atoms with Crippen LogP contribution in [0.4, 0.5) is 0 Å². The summed E-state index contributed by atoms with van der Waals surface area (Å²) in [6.45, 7) is 4.34. The van der Waals surface area contributed by atoms with Crippen LogP contribution in [0, 0.1) is 0 Å². The number of carbonyl (C=O) groups is 1. The molecule has 0 saturated heterocycles. The molecular weight excluding hydrogens is 170 g/mol. The van der Waals surface area contributed by atoms with Crippen molar-refractivity contribution in [1.82, 2.24) is 5.32 Å². The van der Waals surface area contributed by atoms with Crippen LogP contribution in [0.25, 0.3) is 0 Å². The molecule has 0 aliphatic rings. The summed E-state index contributed by atoms with van der Waals surface area (Å²) < 4.78 is 0. The molecule has 0 bridgehead atoms. The van der Waals surface area contributed by atoms with Crippen molar-refractivity contribution in [3.05, 3.63) is 21.9 Å². The summed E-state index contributed by atoms with van der Waals surface area (Å²) in [5, 5.41) is 4.86. The highest BCUT2D eigenvalue weighted by Crippen LogP contribution is 2.16. The molecule has 1 rings (SSSR count). The van der Waals surface area contributed by atoms with Crippen molar-refractivity contribution in [2.24, 2.45) is 0 Å². The molecule has 0 saturated carbocycles. The van der Waals surface area contributed by atoms with Gasteiger partial charge in [0.25, 0.3) is 0 Å². The van der Waals surface area contributed by atoms with Gasteiger partial charge in [0.2, 0.25) is 5.91 Å². The lowest BCUT2D eigenvalue weighted by Gasteiger charge is -2.01. The second-order valence-corrected chi connectivity index (χ2v) is 3.63. The average molecular weight is 183 g/mol. The number of hydrogen-bond acceptors (Lipinski definition) is 2. The molecular formula is C9H13NOS. The first-order valence-electron chi connectivity index (χ1n) is 4.03. The highest BCUT2D eigenvalue weighted by molar-refractivity contribution is 7.10. The van der Waals surface area contributed by atoms with Gasteiger partial charge in [0.05, 0.1) is 6.54 Å². The molecule has 1 N–H and O–H groups in total. The van der Waals surface area contributed by atoms with Crippen LogP contribution in [0.5, 0.6) is 0 Å². The topological polar surface area (TPSA) is 29.1 Å². The summed E-state index contributed by atoms with van der Waals surface area (Å²) in [5.41, 5.74) is 1.34. The van der Waals surface area contributed by atoms with Gasteiger partial charge >= 0.3 is 0 Å². The molecule has 2 nitrogen and oxygen atoms in total. The van der Waals surface area contributed by atoms with E-state index in [0.29, 0.717) is 6.54 Å². The minimum absolute atomic E-state index is 0.0328. The van der Waals surface area contributed by atoms with Gasteiger partial charge in [-0.3, -0.25) is 4.79 Å². The molecule has 0 aliphatic heterocycles. The van der Waals surface area contributed by atoms with Gasteiger partial charge in [-0.2, -0.15) is 0 Å². The van der Waals surface area contributed by atoms with Crippen molar-refractivity contribution in [2.45, 2.75) is 26.8 Å². The SMILES string of the molecule is CCc1ccsc1CNC(C)=O. The lowest BCUT2D eigenvalue weighted by Crippen LogP contribution is -2.18. The first-order valence-corrected chi connectivity index (χ1v) is 4.91. The Morgan fingerprint density at radius 1 is 1.67 bits per heavy atom. The van der Waals surface area contributed by atoms with Crippen LogP contribution in [0.3, 0.4) is 0 Å². The normalized spacial score (nSPS) is 9.83. The average Bonchev–Trinajstić information content (AvgIpc) is 2.47. The quantitative estimate of drug-likeness (QED) is 0.762. The molecule has 3 heteroatoms. The van der Waals surface area contributed by atoms with Crippen molar-refractivity contribution in [1.29, 1.82) is 0 Å². The first kappa shape index (κ1) is 9.26. The van der Waals surface area contributed by atoms with Gasteiger partial charge in [0.15, 0.2) is 0 Å². The minimum atomic E-state index is 0.0328. The fraction of sp³-hybridized carbons (Fsp3) is 0.444. The van der Waals surface area contributed by atoms with E-state index in [9.17, 15) is 4.79 Å². The summed E-state index contributed by atoms with van der Waals surface area (Å²) >= 11 is 1.70. The molecule has 0 unspecified atom stereocenters. The zero-order valence-electron chi connectivity index (χ0n) is 7.39. The largest absolute Gasteiger partial charge is 0.351 e. The number of carbonyl (C=O) groups excluding carboxylic acids is 1. The van der Waals surface area contributed by atoms with Crippen molar-refractivity contribution in [3.63, 3.8) is 0 Å². The van der Waals surface area contributed by atoms with Gasteiger partial charge in [0, 0.05) is 11.8 Å². The third-order valence-electron chi connectivity index (χ3n) is 1.72. The zero-order chi connectivity index (χ0) is 8.97. The van der Waals surface area contributed by atoms with Crippen LogP contribution < -0.4 is 5.32 Å². The molecule has 0 spiro atoms. The molecule has 1 aromatic heterocycles. The van der Waals surface area contributed by atoms with Gasteiger partial charge in [0.1, 0.15) is 0 Å². The van der Waals surface area contributed by atoms with Crippen LogP contribution in [0.1, 0.15) is 24.3 Å². The lowest BCUT2D eigenvalue weighted by molar-refractivity contribution is -0.119. The summed E-state index contributed by atoms with van der Waals surface area (Å²) in [7, 11) is 0. The standard InChI is InChI=1S/C9H13NOS/c1-3-8-4-5-12-9(8)6-10-7(2)11/h4-5H,3,6H2,1-2H3,(H,10,11). The van der Waals surface area contributed by atoms with E-state index in [0.717, 1.165) is 6.42 Å². The Kier molecular flexibility index (Phi) is 3.29. The van der Waals surface area contributed by atoms with Crippen LogP contribution in [0.15, 0.2) is 11.4 Å². The Labute approximate surface area is 76.6 Å². The number of rotatable bonds is 3. The first-order chi connectivity index (χ1) is 5.74. The molecule has 0 fully saturated rings. The summed E-state index contributed by atoms with van der Waals surface area (Å²) in [4.78, 5) is 11.9. The number of thiophene rings is 1.